The maximum absolute atomic E-state index is 13.0. The number of nitrogens with zero attached hydrogens (tertiary/aromatic N) is 4. The first-order valence-corrected chi connectivity index (χ1v) is 10.2. The van der Waals surface area contributed by atoms with Crippen molar-refractivity contribution in [2.24, 2.45) is 0 Å². The summed E-state index contributed by atoms with van der Waals surface area (Å²) in [6, 6.07) is 13.5. The second kappa shape index (κ2) is 8.15. The van der Waals surface area contributed by atoms with Gasteiger partial charge in [-0.25, -0.2) is 9.88 Å². The molecule has 0 spiro atoms. The SMILES string of the molecule is N#Cc1c(N)nc(SC2CC(=O)N(c3ccc(Cl)cc3)C2=O)c(C#N)c1-c1ccco1. The van der Waals surface area contributed by atoms with Gasteiger partial charge in [-0.15, -0.1) is 0 Å². The first-order valence-electron chi connectivity index (χ1n) is 8.91. The fourth-order valence-corrected chi connectivity index (χ4v) is 4.49. The molecule has 0 aliphatic carbocycles. The lowest BCUT2D eigenvalue weighted by atomic mass is 10.0. The highest BCUT2D eigenvalue weighted by Gasteiger charge is 2.41. The van der Waals surface area contributed by atoms with E-state index in [0.717, 1.165) is 16.7 Å². The minimum absolute atomic E-state index is 0.00691. The zero-order chi connectivity index (χ0) is 22.1. The predicted molar refractivity (Wildman–Crippen MR) is 114 cm³/mol. The molecule has 1 fully saturated rings. The number of hydrogen-bond donors (Lipinski definition) is 1. The van der Waals surface area contributed by atoms with E-state index in [-0.39, 0.29) is 45.6 Å². The van der Waals surface area contributed by atoms with Gasteiger partial charge in [-0.3, -0.25) is 9.59 Å². The highest BCUT2D eigenvalue weighted by Crippen LogP contribution is 2.40. The quantitative estimate of drug-likeness (QED) is 0.594. The van der Waals surface area contributed by atoms with Crippen LogP contribution in [0.1, 0.15) is 17.5 Å². The van der Waals surface area contributed by atoms with Crippen molar-refractivity contribution in [1.82, 2.24) is 4.98 Å². The molecule has 1 unspecified atom stereocenters. The van der Waals surface area contributed by atoms with Crippen LogP contribution in [-0.2, 0) is 9.59 Å². The molecule has 0 bridgehead atoms. The van der Waals surface area contributed by atoms with E-state index in [2.05, 4.69) is 4.98 Å². The Hall–Kier alpha value is -3.79. The lowest BCUT2D eigenvalue weighted by Gasteiger charge is -2.16. The summed E-state index contributed by atoms with van der Waals surface area (Å²) in [4.78, 5) is 30.8. The molecule has 2 aromatic heterocycles. The van der Waals surface area contributed by atoms with Gasteiger partial charge in [0.25, 0.3) is 0 Å². The van der Waals surface area contributed by atoms with Gasteiger partial charge in [-0.2, -0.15) is 10.5 Å². The van der Waals surface area contributed by atoms with Gasteiger partial charge >= 0.3 is 0 Å². The molecule has 2 N–H and O–H groups in total. The van der Waals surface area contributed by atoms with Crippen LogP contribution in [0.5, 0.6) is 0 Å². The van der Waals surface area contributed by atoms with E-state index in [4.69, 9.17) is 21.8 Å². The Morgan fingerprint density at radius 2 is 1.87 bits per heavy atom. The van der Waals surface area contributed by atoms with Crippen molar-refractivity contribution in [1.29, 1.82) is 10.5 Å². The highest BCUT2D eigenvalue weighted by molar-refractivity contribution is 8.00. The largest absolute Gasteiger partial charge is 0.464 e. The molecule has 1 aliphatic rings. The molecular formula is C21H12ClN5O3S. The van der Waals surface area contributed by atoms with Gasteiger partial charge in [0.2, 0.25) is 11.8 Å². The fourth-order valence-electron chi connectivity index (χ4n) is 3.24. The zero-order valence-electron chi connectivity index (χ0n) is 15.7. The van der Waals surface area contributed by atoms with E-state index in [1.165, 1.54) is 6.26 Å². The summed E-state index contributed by atoms with van der Waals surface area (Å²) in [5.74, 6) is -0.635. The van der Waals surface area contributed by atoms with Gasteiger partial charge in [0.1, 0.15) is 34.3 Å². The number of nitriles is 2. The molecule has 31 heavy (non-hydrogen) atoms. The number of nitrogens with two attached hydrogens (primary N) is 1. The van der Waals surface area contributed by atoms with E-state index in [0.29, 0.717) is 10.7 Å². The molecule has 4 rings (SSSR count). The lowest BCUT2D eigenvalue weighted by Crippen LogP contribution is -2.31. The van der Waals surface area contributed by atoms with Gasteiger partial charge in [-0.1, -0.05) is 23.4 Å². The van der Waals surface area contributed by atoms with Gasteiger partial charge in [-0.05, 0) is 36.4 Å². The van der Waals surface area contributed by atoms with E-state index >= 15 is 0 Å². The van der Waals surface area contributed by atoms with Gasteiger partial charge in [0.15, 0.2) is 0 Å². The second-order valence-corrected chi connectivity index (χ2v) is 8.11. The van der Waals surface area contributed by atoms with Crippen molar-refractivity contribution in [2.75, 3.05) is 10.6 Å². The molecule has 0 saturated carbocycles. The highest BCUT2D eigenvalue weighted by atomic mass is 35.5. The van der Waals surface area contributed by atoms with E-state index in [1.54, 1.807) is 36.4 Å². The molecule has 1 aromatic carbocycles. The Morgan fingerprint density at radius 3 is 2.48 bits per heavy atom. The average molecular weight is 450 g/mol. The van der Waals surface area contributed by atoms with E-state index in [9.17, 15) is 20.1 Å². The van der Waals surface area contributed by atoms with Crippen LogP contribution in [0.15, 0.2) is 52.1 Å². The van der Waals surface area contributed by atoms with Crippen LogP contribution in [0.2, 0.25) is 5.02 Å². The Labute approximate surface area is 185 Å². The van der Waals surface area contributed by atoms with Crippen molar-refractivity contribution >= 4 is 46.7 Å². The van der Waals surface area contributed by atoms with Crippen LogP contribution < -0.4 is 10.6 Å². The molecule has 1 atom stereocenters. The number of nitrogen functional groups attached to an aromatic ring is 1. The topological polar surface area (TPSA) is 137 Å². The number of thioether (sulfide) groups is 1. The number of carbonyl (C=O) groups is 2. The Bertz CT molecular complexity index is 1280. The van der Waals surface area contributed by atoms with Crippen molar-refractivity contribution in [3.05, 3.63) is 58.8 Å². The predicted octanol–water partition coefficient (Wildman–Crippen LogP) is 3.74. The number of hydrogen-bond acceptors (Lipinski definition) is 8. The maximum atomic E-state index is 13.0. The zero-order valence-corrected chi connectivity index (χ0v) is 17.3. The van der Waals surface area contributed by atoms with E-state index in [1.807, 2.05) is 12.1 Å². The van der Waals surface area contributed by atoms with Crippen LogP contribution in [0.4, 0.5) is 11.5 Å². The number of carbonyl (C=O) groups excluding carboxylic acids is 2. The number of aromatic nitrogens is 1. The van der Waals surface area contributed by atoms with Crippen LogP contribution in [0.3, 0.4) is 0 Å². The maximum Gasteiger partial charge on any atom is 0.247 e. The molecule has 0 radical (unpaired) electrons. The third-order valence-electron chi connectivity index (χ3n) is 4.63. The summed E-state index contributed by atoms with van der Waals surface area (Å²) in [5, 5.41) is 19.1. The minimum atomic E-state index is -0.806. The number of pyridine rings is 1. The number of rotatable bonds is 4. The van der Waals surface area contributed by atoms with Crippen molar-refractivity contribution < 1.29 is 14.0 Å². The number of amides is 2. The third-order valence-corrected chi connectivity index (χ3v) is 6.05. The summed E-state index contributed by atoms with van der Waals surface area (Å²) < 4.78 is 5.37. The first kappa shape index (κ1) is 20.5. The summed E-state index contributed by atoms with van der Waals surface area (Å²) >= 11 is 6.84. The Balaban J connectivity index is 1.73. The molecule has 3 aromatic rings. The third kappa shape index (κ3) is 3.61. The smallest absolute Gasteiger partial charge is 0.247 e. The van der Waals surface area contributed by atoms with Crippen LogP contribution >= 0.6 is 23.4 Å². The molecule has 10 heteroatoms. The van der Waals surface area contributed by atoms with Crippen LogP contribution in [-0.4, -0.2) is 22.0 Å². The Morgan fingerprint density at radius 1 is 1.16 bits per heavy atom. The van der Waals surface area contributed by atoms with Crippen LogP contribution in [0.25, 0.3) is 11.3 Å². The van der Waals surface area contributed by atoms with Gasteiger partial charge in [0, 0.05) is 11.4 Å². The number of benzene rings is 1. The standard InChI is InChI=1S/C21H12ClN5O3S/c22-11-3-5-12(6-4-11)27-17(28)8-16(21(27)29)31-20-14(10-24)18(15-2-1-7-30-15)13(9-23)19(25)26-20/h1-7,16H,8H2,(H2,25,26). The summed E-state index contributed by atoms with van der Waals surface area (Å²) in [7, 11) is 0. The molecule has 1 saturated heterocycles. The van der Waals surface area contributed by atoms with Gasteiger partial charge < -0.3 is 10.2 Å². The second-order valence-electron chi connectivity index (χ2n) is 6.48. The Kier molecular flexibility index (Phi) is 5.38. The number of anilines is 2. The first-order chi connectivity index (χ1) is 14.9. The molecule has 2 amide bonds. The normalized spacial score (nSPS) is 15.7. The molecule has 1 aliphatic heterocycles. The summed E-state index contributed by atoms with van der Waals surface area (Å²) in [6.45, 7) is 0. The monoisotopic (exact) mass is 449 g/mol. The molecule has 8 nitrogen and oxygen atoms in total. The average Bonchev–Trinajstić information content (AvgIpc) is 3.37. The number of furan rings is 1. The number of imide groups is 1. The van der Waals surface area contributed by atoms with Crippen molar-refractivity contribution in [2.45, 2.75) is 16.7 Å². The molecule has 152 valence electrons. The fraction of sp³-hybridized carbons (Fsp3) is 0.0952. The van der Waals surface area contributed by atoms with Gasteiger partial charge in [0.05, 0.1) is 28.3 Å². The molecule has 3 heterocycles. The summed E-state index contributed by atoms with van der Waals surface area (Å²) in [5.41, 5.74) is 6.63. The summed E-state index contributed by atoms with van der Waals surface area (Å²) in [6.07, 6.45) is 1.33. The molecular weight excluding hydrogens is 438 g/mol. The van der Waals surface area contributed by atoms with Crippen molar-refractivity contribution in [3.63, 3.8) is 0 Å². The minimum Gasteiger partial charge on any atom is -0.464 e. The lowest BCUT2D eigenvalue weighted by molar-refractivity contribution is -0.121. The van der Waals surface area contributed by atoms with Crippen molar-refractivity contribution in [3.8, 4) is 23.5 Å². The van der Waals surface area contributed by atoms with Crippen LogP contribution in [0, 0.1) is 22.7 Å². The van der Waals surface area contributed by atoms with E-state index < -0.39 is 11.2 Å². The number of halogens is 1.